The molecule has 5 rings (SSSR count). The van der Waals surface area contributed by atoms with Crippen LogP contribution in [0.5, 0.6) is 5.75 Å². The lowest BCUT2D eigenvalue weighted by atomic mass is 10.0. The highest BCUT2D eigenvalue weighted by atomic mass is 16.6. The van der Waals surface area contributed by atoms with E-state index in [1.807, 2.05) is 76.3 Å². The highest BCUT2D eigenvalue weighted by molar-refractivity contribution is 5.88. The maximum Gasteiger partial charge on any atom is 0.410 e. The van der Waals surface area contributed by atoms with Crippen LogP contribution in [-0.2, 0) is 31.4 Å². The number of aryl methyl sites for hydroxylation is 1. The van der Waals surface area contributed by atoms with E-state index in [0.717, 1.165) is 34.3 Å². The number of carbonyl (C=O) groups is 1. The monoisotopic (exact) mass is 533 g/mol. The van der Waals surface area contributed by atoms with E-state index in [4.69, 9.17) is 9.47 Å². The van der Waals surface area contributed by atoms with E-state index in [1.165, 1.54) is 11.6 Å². The Morgan fingerprint density at radius 3 is 2.36 bits per heavy atom. The summed E-state index contributed by atoms with van der Waals surface area (Å²) in [7, 11) is 2.01. The van der Waals surface area contributed by atoms with Crippen LogP contribution in [0.15, 0.2) is 71.7 Å². The second-order valence-corrected chi connectivity index (χ2v) is 10.2. The average Bonchev–Trinajstić information content (AvgIpc) is 3.13. The Labute approximate surface area is 232 Å². The molecule has 7 nitrogen and oxygen atoms in total. The van der Waals surface area contributed by atoms with Crippen molar-refractivity contribution in [3.63, 3.8) is 0 Å². The molecular formula is C32H43N3O4. The number of pyridine rings is 1. The SMILES string of the molecule is C.C.C.Cn1c2c(c3ccc(-n4ccc(OCc5ccccc5)cc4=O)cc31)CCN(C(=O)OC(C)(C)C)C2. The van der Waals surface area contributed by atoms with E-state index in [1.54, 1.807) is 15.7 Å². The van der Waals surface area contributed by atoms with Gasteiger partial charge in [0.15, 0.2) is 0 Å². The standard InChI is InChI=1S/C29H31N3O4.3CH4/c1-29(2,3)36-28(34)31-14-13-24-23-11-10-21(16-25(23)30(4)26(24)18-31)32-15-12-22(17-27(32)33)35-19-20-8-6-5-7-9-20;;;/h5-12,15-17H,13-14,18-19H2,1-4H3;3*1H4. The Kier molecular flexibility index (Phi) is 9.80. The molecule has 3 heterocycles. The lowest BCUT2D eigenvalue weighted by molar-refractivity contribution is 0.0220. The predicted molar refractivity (Wildman–Crippen MR) is 160 cm³/mol. The van der Waals surface area contributed by atoms with Gasteiger partial charge in [-0.15, -0.1) is 0 Å². The molecule has 1 aliphatic heterocycles. The van der Waals surface area contributed by atoms with Crippen molar-refractivity contribution in [2.24, 2.45) is 7.05 Å². The van der Waals surface area contributed by atoms with Crippen molar-refractivity contribution in [1.82, 2.24) is 14.0 Å². The fourth-order valence-electron chi connectivity index (χ4n) is 4.68. The van der Waals surface area contributed by atoms with Gasteiger partial charge in [-0.25, -0.2) is 4.79 Å². The molecule has 1 aliphatic rings. The minimum Gasteiger partial charge on any atom is -0.489 e. The number of hydrogen-bond donors (Lipinski definition) is 0. The van der Waals surface area contributed by atoms with E-state index in [0.29, 0.717) is 25.4 Å². The number of aromatic nitrogens is 2. The van der Waals surface area contributed by atoms with Crippen molar-refractivity contribution in [2.75, 3.05) is 6.54 Å². The summed E-state index contributed by atoms with van der Waals surface area (Å²) in [6.07, 6.45) is 2.22. The molecule has 0 saturated carbocycles. The Balaban J connectivity index is 0.00000178. The topological polar surface area (TPSA) is 65.7 Å². The summed E-state index contributed by atoms with van der Waals surface area (Å²) in [5.74, 6) is 0.540. The predicted octanol–water partition coefficient (Wildman–Crippen LogP) is 7.11. The highest BCUT2D eigenvalue weighted by Gasteiger charge is 2.29. The van der Waals surface area contributed by atoms with Gasteiger partial charge in [0.2, 0.25) is 0 Å². The normalized spacial score (nSPS) is 12.5. The van der Waals surface area contributed by atoms with Crippen LogP contribution in [0.4, 0.5) is 4.79 Å². The number of amides is 1. The third-order valence-corrected chi connectivity index (χ3v) is 6.46. The van der Waals surface area contributed by atoms with Crippen LogP contribution in [0.1, 0.15) is 59.9 Å². The van der Waals surface area contributed by atoms with Gasteiger partial charge in [0, 0.05) is 36.9 Å². The Morgan fingerprint density at radius 1 is 0.974 bits per heavy atom. The van der Waals surface area contributed by atoms with Crippen LogP contribution in [0, 0.1) is 0 Å². The van der Waals surface area contributed by atoms with Gasteiger partial charge in [-0.3, -0.25) is 9.36 Å². The highest BCUT2D eigenvalue weighted by Crippen LogP contribution is 2.32. The van der Waals surface area contributed by atoms with Crippen LogP contribution < -0.4 is 10.3 Å². The lowest BCUT2D eigenvalue weighted by Crippen LogP contribution is -2.40. The molecule has 2 aromatic carbocycles. The largest absolute Gasteiger partial charge is 0.489 e. The summed E-state index contributed by atoms with van der Waals surface area (Å²) in [5, 5.41) is 1.15. The molecule has 0 N–H and O–H groups in total. The summed E-state index contributed by atoms with van der Waals surface area (Å²) in [5.41, 5.74) is 4.51. The Morgan fingerprint density at radius 2 is 1.69 bits per heavy atom. The molecule has 0 atom stereocenters. The van der Waals surface area contributed by atoms with Gasteiger partial charge in [-0.05, 0) is 56.5 Å². The number of benzene rings is 2. The molecule has 0 saturated heterocycles. The number of ether oxygens (including phenoxy) is 2. The van der Waals surface area contributed by atoms with Crippen LogP contribution in [-0.4, -0.2) is 32.3 Å². The Bertz CT molecular complexity index is 1480. The number of carbonyl (C=O) groups excluding carboxylic acids is 1. The molecule has 0 unspecified atom stereocenters. The molecule has 39 heavy (non-hydrogen) atoms. The zero-order valence-electron chi connectivity index (χ0n) is 21.2. The van der Waals surface area contributed by atoms with Gasteiger partial charge in [-0.1, -0.05) is 58.7 Å². The van der Waals surface area contributed by atoms with E-state index < -0.39 is 5.60 Å². The van der Waals surface area contributed by atoms with Gasteiger partial charge in [0.1, 0.15) is 18.0 Å². The molecule has 0 radical (unpaired) electrons. The summed E-state index contributed by atoms with van der Waals surface area (Å²) in [4.78, 5) is 27.3. The van der Waals surface area contributed by atoms with Crippen LogP contribution in [0.2, 0.25) is 0 Å². The van der Waals surface area contributed by atoms with Crippen molar-refractivity contribution < 1.29 is 14.3 Å². The van der Waals surface area contributed by atoms with Gasteiger partial charge >= 0.3 is 6.09 Å². The first kappa shape index (κ1) is 31.2. The maximum absolute atomic E-state index is 12.9. The molecule has 4 aromatic rings. The lowest BCUT2D eigenvalue weighted by Gasteiger charge is -2.30. The number of hydrogen-bond acceptors (Lipinski definition) is 4. The molecule has 0 bridgehead atoms. The van der Waals surface area contributed by atoms with Gasteiger partial charge < -0.3 is 18.9 Å². The fraction of sp³-hybridized carbons (Fsp3) is 0.375. The van der Waals surface area contributed by atoms with E-state index in [2.05, 4.69) is 10.6 Å². The molecule has 0 aliphatic carbocycles. The summed E-state index contributed by atoms with van der Waals surface area (Å²) in [6.45, 7) is 7.16. The fourth-order valence-corrected chi connectivity index (χ4v) is 4.68. The average molecular weight is 534 g/mol. The zero-order valence-corrected chi connectivity index (χ0v) is 21.2. The number of fused-ring (bicyclic) bond motifs is 3. The molecule has 0 fully saturated rings. The van der Waals surface area contributed by atoms with E-state index in [-0.39, 0.29) is 33.9 Å². The minimum atomic E-state index is -0.527. The summed E-state index contributed by atoms with van der Waals surface area (Å²) < 4.78 is 15.1. The third kappa shape index (κ3) is 6.53. The summed E-state index contributed by atoms with van der Waals surface area (Å²) >= 11 is 0. The zero-order chi connectivity index (χ0) is 25.4. The molecule has 0 spiro atoms. The summed E-state index contributed by atoms with van der Waals surface area (Å²) in [6, 6.07) is 19.2. The van der Waals surface area contributed by atoms with Gasteiger partial charge in [0.05, 0.1) is 17.7 Å². The first-order chi connectivity index (χ1) is 17.2. The molecule has 2 aromatic heterocycles. The second kappa shape index (κ2) is 12.2. The third-order valence-electron chi connectivity index (χ3n) is 6.46. The van der Waals surface area contributed by atoms with Gasteiger partial charge in [0.25, 0.3) is 5.56 Å². The molecular weight excluding hydrogens is 490 g/mol. The van der Waals surface area contributed by atoms with Crippen molar-refractivity contribution in [2.45, 2.75) is 68.2 Å². The minimum absolute atomic E-state index is 0. The molecule has 210 valence electrons. The van der Waals surface area contributed by atoms with Crippen molar-refractivity contribution in [3.05, 3.63) is 94.0 Å². The maximum atomic E-state index is 12.9. The number of nitrogens with zero attached hydrogens (tertiary/aromatic N) is 3. The first-order valence-corrected chi connectivity index (χ1v) is 12.2. The van der Waals surface area contributed by atoms with Gasteiger partial charge in [-0.2, -0.15) is 0 Å². The van der Waals surface area contributed by atoms with Crippen LogP contribution >= 0.6 is 0 Å². The van der Waals surface area contributed by atoms with E-state index in [9.17, 15) is 9.59 Å². The van der Waals surface area contributed by atoms with Crippen molar-refractivity contribution >= 4 is 17.0 Å². The van der Waals surface area contributed by atoms with E-state index >= 15 is 0 Å². The quantitative estimate of drug-likeness (QED) is 0.280. The smallest absolute Gasteiger partial charge is 0.410 e. The second-order valence-electron chi connectivity index (χ2n) is 10.2. The molecule has 7 heteroatoms. The van der Waals surface area contributed by atoms with Crippen molar-refractivity contribution in [1.29, 1.82) is 0 Å². The van der Waals surface area contributed by atoms with Crippen LogP contribution in [0.3, 0.4) is 0 Å². The van der Waals surface area contributed by atoms with Crippen LogP contribution in [0.25, 0.3) is 16.6 Å². The molecule has 1 amide bonds. The Hall–Kier alpha value is -4.00. The number of rotatable bonds is 4. The first-order valence-electron chi connectivity index (χ1n) is 12.2. The van der Waals surface area contributed by atoms with Crippen molar-refractivity contribution in [3.8, 4) is 11.4 Å².